The predicted octanol–water partition coefficient (Wildman–Crippen LogP) is 0.532. The number of quaternary nitrogens is 1. The molecule has 0 saturated heterocycles. The molecule has 0 spiro atoms. The highest BCUT2D eigenvalue weighted by Gasteiger charge is 2.14. The van der Waals surface area contributed by atoms with Gasteiger partial charge in [0.15, 0.2) is 0 Å². The third-order valence-electron chi connectivity index (χ3n) is 1.78. The zero-order chi connectivity index (χ0) is 10.7. The molecule has 0 rings (SSSR count). The van der Waals surface area contributed by atoms with Gasteiger partial charge in [0.25, 0.3) is 0 Å². The zero-order valence-electron chi connectivity index (χ0n) is 8.65. The summed E-state index contributed by atoms with van der Waals surface area (Å²) in [4.78, 5) is 19.1. The second kappa shape index (κ2) is 4.38. The molecule has 0 aromatic rings. The van der Waals surface area contributed by atoms with Gasteiger partial charge < -0.3 is 18.8 Å². The van der Waals surface area contributed by atoms with E-state index in [1.807, 2.05) is 28.1 Å². The van der Waals surface area contributed by atoms with Gasteiger partial charge in [-0.3, -0.25) is 0 Å². The monoisotopic (exact) mass is 207 g/mol. The summed E-state index contributed by atoms with van der Waals surface area (Å²) in [6, 6.07) is 0. The van der Waals surface area contributed by atoms with Crippen LogP contribution in [0.25, 0.3) is 0 Å². The van der Waals surface area contributed by atoms with Gasteiger partial charge in [-0.05, 0) is 6.08 Å². The Bertz CT molecular complexity index is 236. The van der Waals surface area contributed by atoms with E-state index < -0.39 is 7.60 Å². The van der Waals surface area contributed by atoms with E-state index >= 15 is 0 Å². The number of hydrogen-bond donors (Lipinski definition) is 1. The Morgan fingerprint density at radius 1 is 1.54 bits per heavy atom. The molecule has 0 fully saturated rings. The molecule has 0 saturated carbocycles. The van der Waals surface area contributed by atoms with Gasteiger partial charge in [0.2, 0.25) is 0 Å². The zero-order valence-corrected chi connectivity index (χ0v) is 9.54. The first-order chi connectivity index (χ1) is 5.67. The fourth-order valence-electron chi connectivity index (χ4n) is 1.11. The Kier molecular flexibility index (Phi) is 4.33. The van der Waals surface area contributed by atoms with Gasteiger partial charge in [0.1, 0.15) is 13.3 Å². The van der Waals surface area contributed by atoms with Crippen molar-refractivity contribution in [2.24, 2.45) is 0 Å². The van der Waals surface area contributed by atoms with Crippen LogP contribution < -0.4 is 4.89 Å². The molecule has 1 unspecified atom stereocenters. The van der Waals surface area contributed by atoms with Crippen molar-refractivity contribution in [2.75, 3.05) is 27.3 Å². The highest BCUT2D eigenvalue weighted by atomic mass is 31.2. The average molecular weight is 207 g/mol. The topological polar surface area (TPSA) is 60.4 Å². The molecule has 0 aliphatic heterocycles. The van der Waals surface area contributed by atoms with Crippen LogP contribution in [0.5, 0.6) is 0 Å². The first kappa shape index (κ1) is 12.8. The van der Waals surface area contributed by atoms with Crippen LogP contribution in [-0.4, -0.2) is 36.7 Å². The Hall–Kier alpha value is -0.150. The molecule has 1 atom stereocenters. The maximum atomic E-state index is 10.5. The van der Waals surface area contributed by atoms with Crippen molar-refractivity contribution >= 4 is 7.60 Å². The fourth-order valence-corrected chi connectivity index (χ4v) is 1.55. The lowest BCUT2D eigenvalue weighted by Crippen LogP contribution is -2.33. The summed E-state index contributed by atoms with van der Waals surface area (Å²) < 4.78 is 11.1. The Morgan fingerprint density at radius 3 is 2.23 bits per heavy atom. The standard InChI is InChI=1S/C8H18NO3P/c1-5-8(9(2,3)4)6-7-13(10,11)12/h6H,5,7H2,1-4H3,(H-,10,11,12). The Morgan fingerprint density at radius 2 is 2.00 bits per heavy atom. The van der Waals surface area contributed by atoms with Crippen molar-refractivity contribution in [3.05, 3.63) is 11.8 Å². The Labute approximate surface area is 79.6 Å². The molecule has 0 heterocycles. The van der Waals surface area contributed by atoms with Crippen LogP contribution in [0.3, 0.4) is 0 Å². The van der Waals surface area contributed by atoms with Gasteiger partial charge >= 0.3 is 0 Å². The van der Waals surface area contributed by atoms with Crippen molar-refractivity contribution in [3.63, 3.8) is 0 Å². The summed E-state index contributed by atoms with van der Waals surface area (Å²) in [7, 11) is 1.74. The highest BCUT2D eigenvalue weighted by molar-refractivity contribution is 7.50. The number of nitrogens with zero attached hydrogens (tertiary/aromatic N) is 1. The number of allylic oxidation sites excluding steroid dienone is 2. The summed E-state index contributed by atoms with van der Waals surface area (Å²) in [6.45, 7) is 1.96. The first-order valence-corrected chi connectivity index (χ1v) is 5.97. The normalized spacial score (nSPS) is 18.5. The molecule has 5 heteroatoms. The maximum absolute atomic E-state index is 10.5. The molecule has 13 heavy (non-hydrogen) atoms. The molecule has 0 aliphatic rings. The lowest BCUT2D eigenvalue weighted by Gasteiger charge is -2.26. The van der Waals surface area contributed by atoms with Gasteiger partial charge in [-0.25, -0.2) is 0 Å². The van der Waals surface area contributed by atoms with Gasteiger partial charge in [-0.1, -0.05) is 6.92 Å². The van der Waals surface area contributed by atoms with E-state index in [0.29, 0.717) is 4.48 Å². The molecular formula is C8H18NO3P. The molecule has 1 N–H and O–H groups in total. The second-order valence-electron chi connectivity index (χ2n) is 3.88. The second-order valence-corrected chi connectivity index (χ2v) is 5.52. The first-order valence-electron chi connectivity index (χ1n) is 4.20. The van der Waals surface area contributed by atoms with Crippen molar-refractivity contribution in [1.82, 2.24) is 0 Å². The van der Waals surface area contributed by atoms with E-state index in [9.17, 15) is 9.46 Å². The fraction of sp³-hybridized carbons (Fsp3) is 0.750. The summed E-state index contributed by atoms with van der Waals surface area (Å²) in [6.07, 6.45) is 2.09. The van der Waals surface area contributed by atoms with Crippen LogP contribution in [0.1, 0.15) is 13.3 Å². The SMILES string of the molecule is CCC(=CCP(=O)([O-])O)[N+](C)(C)C. The summed E-state index contributed by atoms with van der Waals surface area (Å²) in [5.74, 6) is 0. The van der Waals surface area contributed by atoms with E-state index in [4.69, 9.17) is 4.89 Å². The van der Waals surface area contributed by atoms with E-state index in [2.05, 4.69) is 0 Å². The lowest BCUT2D eigenvalue weighted by molar-refractivity contribution is -0.832. The third-order valence-corrected chi connectivity index (χ3v) is 2.43. The van der Waals surface area contributed by atoms with Crippen LogP contribution in [0, 0.1) is 0 Å². The van der Waals surface area contributed by atoms with Crippen LogP contribution in [0.2, 0.25) is 0 Å². The molecule has 0 aliphatic carbocycles. The van der Waals surface area contributed by atoms with Crippen molar-refractivity contribution in [2.45, 2.75) is 13.3 Å². The summed E-state index contributed by atoms with van der Waals surface area (Å²) in [5, 5.41) is 0. The molecule has 0 amide bonds. The lowest BCUT2D eigenvalue weighted by atomic mass is 10.3. The predicted molar refractivity (Wildman–Crippen MR) is 51.1 cm³/mol. The molecule has 0 aromatic carbocycles. The molecule has 4 nitrogen and oxygen atoms in total. The maximum Gasteiger partial charge on any atom is 0.136 e. The minimum Gasteiger partial charge on any atom is -0.778 e. The molecule has 0 bridgehead atoms. The quantitative estimate of drug-likeness (QED) is 0.540. The Balaban J connectivity index is 4.52. The van der Waals surface area contributed by atoms with Crippen LogP contribution in [0.15, 0.2) is 11.8 Å². The minimum atomic E-state index is -4.14. The number of hydrogen-bond acceptors (Lipinski definition) is 2. The minimum absolute atomic E-state index is 0.272. The van der Waals surface area contributed by atoms with Gasteiger partial charge in [-0.15, -0.1) is 0 Å². The summed E-state index contributed by atoms with van der Waals surface area (Å²) >= 11 is 0. The summed E-state index contributed by atoms with van der Waals surface area (Å²) in [5.41, 5.74) is 0.991. The molecule has 0 aromatic heterocycles. The molecule has 0 radical (unpaired) electrons. The largest absolute Gasteiger partial charge is 0.778 e. The molecule has 78 valence electrons. The molecular weight excluding hydrogens is 189 g/mol. The number of rotatable bonds is 4. The van der Waals surface area contributed by atoms with E-state index in [0.717, 1.165) is 12.1 Å². The smallest absolute Gasteiger partial charge is 0.136 e. The average Bonchev–Trinajstić information content (AvgIpc) is 1.82. The van der Waals surface area contributed by atoms with Crippen molar-refractivity contribution < 1.29 is 18.8 Å². The van der Waals surface area contributed by atoms with Crippen LogP contribution in [0.4, 0.5) is 0 Å². The van der Waals surface area contributed by atoms with E-state index in [1.165, 1.54) is 0 Å². The van der Waals surface area contributed by atoms with Gasteiger partial charge in [-0.2, -0.15) is 0 Å². The van der Waals surface area contributed by atoms with Crippen LogP contribution in [-0.2, 0) is 4.57 Å². The van der Waals surface area contributed by atoms with Gasteiger partial charge in [0, 0.05) is 12.6 Å². The highest BCUT2D eigenvalue weighted by Crippen LogP contribution is 2.29. The van der Waals surface area contributed by atoms with E-state index in [1.54, 1.807) is 6.08 Å². The van der Waals surface area contributed by atoms with Gasteiger partial charge in [0.05, 0.1) is 21.1 Å². The van der Waals surface area contributed by atoms with Crippen molar-refractivity contribution in [1.29, 1.82) is 0 Å². The van der Waals surface area contributed by atoms with E-state index in [-0.39, 0.29) is 6.16 Å². The van der Waals surface area contributed by atoms with Crippen molar-refractivity contribution in [3.8, 4) is 0 Å². The van der Waals surface area contributed by atoms with Crippen LogP contribution >= 0.6 is 7.60 Å². The third kappa shape index (κ3) is 5.99.